The van der Waals surface area contributed by atoms with Gasteiger partial charge in [0.1, 0.15) is 0 Å². The van der Waals surface area contributed by atoms with E-state index >= 15 is 0 Å². The summed E-state index contributed by atoms with van der Waals surface area (Å²) in [5.41, 5.74) is 3.27. The first-order valence-corrected chi connectivity index (χ1v) is 9.51. The Bertz CT molecular complexity index is 852. The van der Waals surface area contributed by atoms with Crippen molar-refractivity contribution in [3.8, 4) is 11.5 Å². The van der Waals surface area contributed by atoms with Crippen molar-refractivity contribution in [3.63, 3.8) is 0 Å². The number of ether oxygens (including phenoxy) is 3. The third-order valence-corrected chi connectivity index (χ3v) is 5.09. The number of carbonyl (C=O) groups is 2. The van der Waals surface area contributed by atoms with Gasteiger partial charge in [-0.05, 0) is 54.8 Å². The molecule has 0 radical (unpaired) electrons. The van der Waals surface area contributed by atoms with Gasteiger partial charge in [-0.2, -0.15) is 0 Å². The number of esters is 1. The number of thioether (sulfide) groups is 1. The molecule has 7 heteroatoms. The zero-order valence-electron chi connectivity index (χ0n) is 15.2. The third kappa shape index (κ3) is 5.40. The highest BCUT2D eigenvalue weighted by Gasteiger charge is 2.14. The van der Waals surface area contributed by atoms with Crippen molar-refractivity contribution in [1.29, 1.82) is 0 Å². The van der Waals surface area contributed by atoms with E-state index in [-0.39, 0.29) is 25.1 Å². The number of hydrogen-bond acceptors (Lipinski definition) is 6. The molecule has 3 rings (SSSR count). The fourth-order valence-electron chi connectivity index (χ4n) is 2.44. The van der Waals surface area contributed by atoms with Crippen molar-refractivity contribution in [1.82, 2.24) is 5.32 Å². The zero-order chi connectivity index (χ0) is 19.2. The standard InChI is InChI=1S/C20H21NO5S/c1-13-3-5-16(7-14(13)2)27-11-20(23)24-10-19(22)21-9-15-4-6-17-18(8-15)26-12-25-17/h3-8H,9-12H2,1-2H3,(H,21,22). The molecule has 0 saturated heterocycles. The van der Waals surface area contributed by atoms with Gasteiger partial charge in [0, 0.05) is 11.4 Å². The molecule has 0 aliphatic carbocycles. The topological polar surface area (TPSA) is 73.9 Å². The fraction of sp³-hybridized carbons (Fsp3) is 0.300. The van der Waals surface area contributed by atoms with E-state index in [4.69, 9.17) is 14.2 Å². The zero-order valence-corrected chi connectivity index (χ0v) is 16.1. The summed E-state index contributed by atoms with van der Waals surface area (Å²) in [7, 11) is 0. The Labute approximate surface area is 162 Å². The highest BCUT2D eigenvalue weighted by molar-refractivity contribution is 8.00. The summed E-state index contributed by atoms with van der Waals surface area (Å²) in [5.74, 6) is 0.753. The minimum Gasteiger partial charge on any atom is -0.455 e. The monoisotopic (exact) mass is 387 g/mol. The molecule has 0 bridgehead atoms. The number of nitrogens with one attached hydrogen (secondary N) is 1. The Morgan fingerprint density at radius 3 is 2.70 bits per heavy atom. The summed E-state index contributed by atoms with van der Waals surface area (Å²) in [6.45, 7) is 4.31. The van der Waals surface area contributed by atoms with E-state index in [1.165, 1.54) is 22.9 Å². The molecule has 1 amide bonds. The lowest BCUT2D eigenvalue weighted by molar-refractivity contribution is -0.145. The number of benzene rings is 2. The van der Waals surface area contributed by atoms with E-state index < -0.39 is 5.97 Å². The number of fused-ring (bicyclic) bond motifs is 1. The van der Waals surface area contributed by atoms with Crippen molar-refractivity contribution in [2.24, 2.45) is 0 Å². The van der Waals surface area contributed by atoms with Crippen LogP contribution in [0.15, 0.2) is 41.3 Å². The molecule has 1 aliphatic heterocycles. The van der Waals surface area contributed by atoms with E-state index in [0.717, 1.165) is 10.5 Å². The second-order valence-electron chi connectivity index (χ2n) is 6.16. The van der Waals surface area contributed by atoms with E-state index in [2.05, 4.69) is 5.32 Å². The minimum absolute atomic E-state index is 0.165. The number of hydrogen-bond donors (Lipinski definition) is 1. The van der Waals surface area contributed by atoms with Gasteiger partial charge in [-0.25, -0.2) is 0 Å². The predicted octanol–water partition coefficient (Wildman–Crippen LogP) is 2.98. The molecular formula is C20H21NO5S. The lowest BCUT2D eigenvalue weighted by atomic mass is 10.1. The van der Waals surface area contributed by atoms with Gasteiger partial charge in [0.25, 0.3) is 5.91 Å². The Morgan fingerprint density at radius 2 is 1.89 bits per heavy atom. The molecule has 0 aromatic heterocycles. The Hall–Kier alpha value is -2.67. The first-order chi connectivity index (χ1) is 13.0. The van der Waals surface area contributed by atoms with Gasteiger partial charge in [0.15, 0.2) is 18.1 Å². The van der Waals surface area contributed by atoms with Gasteiger partial charge in [-0.15, -0.1) is 11.8 Å². The van der Waals surface area contributed by atoms with Crippen molar-refractivity contribution in [3.05, 3.63) is 53.1 Å². The second kappa shape index (κ2) is 8.81. The van der Waals surface area contributed by atoms with Crippen LogP contribution in [0.5, 0.6) is 11.5 Å². The average molecular weight is 387 g/mol. The largest absolute Gasteiger partial charge is 0.455 e. The van der Waals surface area contributed by atoms with Crippen LogP contribution in [-0.4, -0.2) is 31.0 Å². The van der Waals surface area contributed by atoms with Crippen LogP contribution in [0, 0.1) is 13.8 Å². The smallest absolute Gasteiger partial charge is 0.316 e. The average Bonchev–Trinajstić information content (AvgIpc) is 3.13. The number of amides is 1. The van der Waals surface area contributed by atoms with Gasteiger partial charge in [0.05, 0.1) is 5.75 Å². The second-order valence-corrected chi connectivity index (χ2v) is 7.21. The maximum atomic E-state index is 11.9. The fourth-order valence-corrected chi connectivity index (χ4v) is 3.23. The first kappa shape index (κ1) is 19.1. The molecular weight excluding hydrogens is 366 g/mol. The lowest BCUT2D eigenvalue weighted by Crippen LogP contribution is -2.28. The van der Waals surface area contributed by atoms with Crippen molar-refractivity contribution >= 4 is 23.6 Å². The van der Waals surface area contributed by atoms with E-state index in [9.17, 15) is 9.59 Å². The van der Waals surface area contributed by atoms with Crippen molar-refractivity contribution in [2.75, 3.05) is 19.2 Å². The molecule has 0 unspecified atom stereocenters. The Morgan fingerprint density at radius 1 is 1.07 bits per heavy atom. The number of rotatable bonds is 7. The van der Waals surface area contributed by atoms with Crippen LogP contribution in [-0.2, 0) is 20.9 Å². The molecule has 1 heterocycles. The van der Waals surface area contributed by atoms with Gasteiger partial charge in [-0.1, -0.05) is 12.1 Å². The summed E-state index contributed by atoms with van der Waals surface area (Å²) in [6.07, 6.45) is 0. The molecule has 142 valence electrons. The highest BCUT2D eigenvalue weighted by Crippen LogP contribution is 2.32. The van der Waals surface area contributed by atoms with Gasteiger partial charge in [0.2, 0.25) is 6.79 Å². The van der Waals surface area contributed by atoms with Crippen LogP contribution in [0.3, 0.4) is 0 Å². The summed E-state index contributed by atoms with van der Waals surface area (Å²) in [4.78, 5) is 24.7. The predicted molar refractivity (Wildman–Crippen MR) is 102 cm³/mol. The molecule has 27 heavy (non-hydrogen) atoms. The van der Waals surface area contributed by atoms with Crippen LogP contribution in [0.4, 0.5) is 0 Å². The van der Waals surface area contributed by atoms with Crippen LogP contribution in [0.1, 0.15) is 16.7 Å². The van der Waals surface area contributed by atoms with Crippen LogP contribution in [0.25, 0.3) is 0 Å². The molecule has 0 spiro atoms. The van der Waals surface area contributed by atoms with Crippen LogP contribution < -0.4 is 14.8 Å². The number of carbonyl (C=O) groups excluding carboxylic acids is 2. The maximum absolute atomic E-state index is 11.9. The SMILES string of the molecule is Cc1ccc(SCC(=O)OCC(=O)NCc2ccc3c(c2)OCO3)cc1C. The minimum atomic E-state index is -0.420. The molecule has 0 atom stereocenters. The molecule has 6 nitrogen and oxygen atoms in total. The van der Waals surface area contributed by atoms with Gasteiger partial charge >= 0.3 is 5.97 Å². The highest BCUT2D eigenvalue weighted by atomic mass is 32.2. The van der Waals surface area contributed by atoms with Crippen molar-refractivity contribution in [2.45, 2.75) is 25.3 Å². The molecule has 2 aromatic carbocycles. The third-order valence-electron chi connectivity index (χ3n) is 4.13. The first-order valence-electron chi connectivity index (χ1n) is 8.52. The lowest BCUT2D eigenvalue weighted by Gasteiger charge is -2.08. The van der Waals surface area contributed by atoms with E-state index in [1.807, 2.05) is 44.2 Å². The summed E-state index contributed by atoms with van der Waals surface area (Å²) in [6, 6.07) is 11.5. The maximum Gasteiger partial charge on any atom is 0.316 e. The normalized spacial score (nSPS) is 11.9. The van der Waals surface area contributed by atoms with Gasteiger partial charge in [-0.3, -0.25) is 9.59 Å². The molecule has 1 N–H and O–H groups in total. The molecule has 1 aliphatic rings. The number of aryl methyl sites for hydroxylation is 2. The Balaban J connectivity index is 1.37. The summed E-state index contributed by atoms with van der Waals surface area (Å²) in [5, 5.41) is 2.71. The molecule has 2 aromatic rings. The van der Waals surface area contributed by atoms with Gasteiger partial charge < -0.3 is 19.5 Å². The molecule has 0 fully saturated rings. The summed E-state index contributed by atoms with van der Waals surface area (Å²) < 4.78 is 15.6. The van der Waals surface area contributed by atoms with Crippen molar-refractivity contribution < 1.29 is 23.8 Å². The summed E-state index contributed by atoms with van der Waals surface area (Å²) >= 11 is 1.39. The van der Waals surface area contributed by atoms with Crippen LogP contribution in [0.2, 0.25) is 0 Å². The van der Waals surface area contributed by atoms with E-state index in [1.54, 1.807) is 6.07 Å². The van der Waals surface area contributed by atoms with Crippen LogP contribution >= 0.6 is 11.8 Å². The Kier molecular flexibility index (Phi) is 6.24. The molecule has 0 saturated carbocycles. The quantitative estimate of drug-likeness (QED) is 0.582. The van der Waals surface area contributed by atoms with E-state index in [0.29, 0.717) is 18.0 Å².